The Morgan fingerprint density at radius 3 is 2.62 bits per heavy atom. The van der Waals surface area contributed by atoms with Crippen LogP contribution in [0.2, 0.25) is 5.02 Å². The lowest BCUT2D eigenvalue weighted by atomic mass is 10.2. The number of rotatable bonds is 3. The molecule has 6 nitrogen and oxygen atoms in total. The van der Waals surface area contributed by atoms with Gasteiger partial charge in [-0.05, 0) is 24.3 Å². The molecular formula is C16H15ClFN3O3. The molecule has 0 unspecified atom stereocenters. The molecule has 0 saturated carbocycles. The molecule has 0 aliphatic carbocycles. The average molecular weight is 352 g/mol. The summed E-state index contributed by atoms with van der Waals surface area (Å²) < 4.78 is 19.5. The van der Waals surface area contributed by atoms with Gasteiger partial charge in [-0.1, -0.05) is 17.7 Å². The van der Waals surface area contributed by atoms with Crippen LogP contribution >= 0.6 is 11.6 Å². The van der Waals surface area contributed by atoms with E-state index in [0.29, 0.717) is 31.9 Å². The van der Waals surface area contributed by atoms with Crippen molar-refractivity contribution in [3.05, 3.63) is 47.4 Å². The number of aromatic nitrogens is 1. The maximum absolute atomic E-state index is 13.9. The molecule has 1 aliphatic rings. The van der Waals surface area contributed by atoms with Crippen LogP contribution < -0.4 is 9.64 Å². The lowest BCUT2D eigenvalue weighted by Crippen LogP contribution is -2.48. The molecule has 24 heavy (non-hydrogen) atoms. The normalized spacial score (nSPS) is 14.6. The van der Waals surface area contributed by atoms with Crippen molar-refractivity contribution < 1.29 is 19.0 Å². The maximum Gasteiger partial charge on any atom is 0.407 e. The fourth-order valence-corrected chi connectivity index (χ4v) is 2.72. The van der Waals surface area contributed by atoms with Crippen molar-refractivity contribution in [3.63, 3.8) is 0 Å². The molecule has 1 saturated heterocycles. The minimum Gasteiger partial charge on any atom is -0.465 e. The Morgan fingerprint density at radius 1 is 1.21 bits per heavy atom. The van der Waals surface area contributed by atoms with E-state index in [1.165, 1.54) is 23.1 Å². The fourth-order valence-electron chi connectivity index (χ4n) is 2.52. The fraction of sp³-hybridized carbons (Fsp3) is 0.250. The number of carbonyl (C=O) groups is 1. The minimum absolute atomic E-state index is 0.0803. The van der Waals surface area contributed by atoms with Crippen LogP contribution in [-0.4, -0.2) is 47.3 Å². The van der Waals surface area contributed by atoms with Crippen molar-refractivity contribution in [1.82, 2.24) is 9.88 Å². The van der Waals surface area contributed by atoms with Crippen LogP contribution in [0.3, 0.4) is 0 Å². The molecule has 3 rings (SSSR count). The molecule has 2 aromatic rings. The molecule has 0 bridgehead atoms. The number of piperazine rings is 1. The number of hydrogen-bond donors (Lipinski definition) is 1. The lowest BCUT2D eigenvalue weighted by Gasteiger charge is -2.34. The van der Waals surface area contributed by atoms with Crippen molar-refractivity contribution in [2.45, 2.75) is 0 Å². The Morgan fingerprint density at radius 2 is 1.96 bits per heavy atom. The van der Waals surface area contributed by atoms with Crippen molar-refractivity contribution in [3.8, 4) is 11.6 Å². The van der Waals surface area contributed by atoms with Gasteiger partial charge in [0.1, 0.15) is 5.69 Å². The summed E-state index contributed by atoms with van der Waals surface area (Å²) in [4.78, 5) is 18.5. The number of benzene rings is 1. The first-order valence-electron chi connectivity index (χ1n) is 7.36. The average Bonchev–Trinajstić information content (AvgIpc) is 2.59. The number of amides is 1. The van der Waals surface area contributed by atoms with E-state index in [9.17, 15) is 9.18 Å². The molecule has 0 atom stereocenters. The number of pyridine rings is 1. The predicted octanol–water partition coefficient (Wildman–Crippen LogP) is 3.47. The number of ether oxygens (including phenoxy) is 1. The molecule has 1 aromatic heterocycles. The molecule has 0 spiro atoms. The largest absolute Gasteiger partial charge is 0.465 e. The number of nitrogens with zero attached hydrogens (tertiary/aromatic N) is 3. The summed E-state index contributed by atoms with van der Waals surface area (Å²) in [5.74, 6) is -0.425. The molecule has 1 amide bonds. The molecule has 8 heteroatoms. The number of halogens is 2. The molecule has 1 aromatic carbocycles. The summed E-state index contributed by atoms with van der Waals surface area (Å²) in [6, 6.07) is 7.83. The van der Waals surface area contributed by atoms with Crippen molar-refractivity contribution in [2.75, 3.05) is 31.1 Å². The minimum atomic E-state index is -0.935. The van der Waals surface area contributed by atoms with E-state index >= 15 is 0 Å². The molecular weight excluding hydrogens is 337 g/mol. The van der Waals surface area contributed by atoms with Crippen molar-refractivity contribution in [1.29, 1.82) is 0 Å². The zero-order chi connectivity index (χ0) is 17.1. The van der Waals surface area contributed by atoms with Gasteiger partial charge in [-0.2, -0.15) is 0 Å². The maximum atomic E-state index is 13.9. The van der Waals surface area contributed by atoms with Gasteiger partial charge in [-0.25, -0.2) is 14.2 Å². The first-order chi connectivity index (χ1) is 11.6. The monoisotopic (exact) mass is 351 g/mol. The van der Waals surface area contributed by atoms with Gasteiger partial charge in [0.2, 0.25) is 5.88 Å². The lowest BCUT2D eigenvalue weighted by molar-refractivity contribution is 0.142. The van der Waals surface area contributed by atoms with Gasteiger partial charge < -0.3 is 19.6 Å². The van der Waals surface area contributed by atoms with E-state index in [4.69, 9.17) is 21.4 Å². The van der Waals surface area contributed by atoms with E-state index in [2.05, 4.69) is 4.98 Å². The van der Waals surface area contributed by atoms with Crippen molar-refractivity contribution >= 4 is 23.4 Å². The highest BCUT2D eigenvalue weighted by Gasteiger charge is 2.23. The van der Waals surface area contributed by atoms with Gasteiger partial charge >= 0.3 is 6.09 Å². The van der Waals surface area contributed by atoms with Crippen molar-refractivity contribution in [2.24, 2.45) is 0 Å². The third-order valence-electron chi connectivity index (χ3n) is 3.76. The Labute approximate surface area is 143 Å². The van der Waals surface area contributed by atoms with E-state index in [1.807, 2.05) is 4.90 Å². The third-order valence-corrected chi connectivity index (χ3v) is 4.06. The summed E-state index contributed by atoms with van der Waals surface area (Å²) in [5, 5.41) is 9.17. The Hall–Kier alpha value is -2.54. The third kappa shape index (κ3) is 3.35. The van der Waals surface area contributed by atoms with Gasteiger partial charge in [0.25, 0.3) is 0 Å². The van der Waals surface area contributed by atoms with Gasteiger partial charge in [0, 0.05) is 32.4 Å². The second kappa shape index (κ2) is 6.92. The first kappa shape index (κ1) is 16.3. The summed E-state index contributed by atoms with van der Waals surface area (Å²) in [6.07, 6.45) is 0.608. The molecule has 0 radical (unpaired) electrons. The summed E-state index contributed by atoms with van der Waals surface area (Å²) in [6.45, 7) is 1.76. The topological polar surface area (TPSA) is 65.9 Å². The second-order valence-corrected chi connectivity index (χ2v) is 5.64. The molecule has 1 aliphatic heterocycles. The summed E-state index contributed by atoms with van der Waals surface area (Å²) in [7, 11) is 0. The van der Waals surface area contributed by atoms with Crippen LogP contribution in [0.15, 0.2) is 36.5 Å². The number of carboxylic acid groups (broad SMARTS) is 1. The first-order valence-corrected chi connectivity index (χ1v) is 7.74. The molecule has 126 valence electrons. The standard InChI is InChI=1S/C16H15ClFN3O3/c17-11-3-1-4-12(18)14(11)24-15-13(5-2-6-19-15)20-7-9-21(10-8-20)16(22)23/h1-6H,7-10H2,(H,22,23). The Balaban J connectivity index is 1.83. The van der Waals surface area contributed by atoms with Gasteiger partial charge in [-0.15, -0.1) is 0 Å². The molecule has 1 N–H and O–H groups in total. The summed E-state index contributed by atoms with van der Waals surface area (Å²) in [5.41, 5.74) is 0.668. The zero-order valence-electron chi connectivity index (χ0n) is 12.7. The van der Waals surface area contributed by atoms with Crippen LogP contribution in [0, 0.1) is 5.82 Å². The smallest absolute Gasteiger partial charge is 0.407 e. The Bertz CT molecular complexity index is 731. The van der Waals surface area contributed by atoms with Gasteiger partial charge in [-0.3, -0.25) is 0 Å². The Kier molecular flexibility index (Phi) is 4.71. The SMILES string of the molecule is O=C(O)N1CCN(c2cccnc2Oc2c(F)cccc2Cl)CC1. The van der Waals surface area contributed by atoms with Crippen LogP contribution in [0.5, 0.6) is 11.6 Å². The van der Waals surface area contributed by atoms with Crippen LogP contribution in [0.1, 0.15) is 0 Å². The quantitative estimate of drug-likeness (QED) is 0.917. The van der Waals surface area contributed by atoms with Crippen LogP contribution in [-0.2, 0) is 0 Å². The zero-order valence-corrected chi connectivity index (χ0v) is 13.4. The second-order valence-electron chi connectivity index (χ2n) is 5.24. The number of hydrogen-bond acceptors (Lipinski definition) is 4. The predicted molar refractivity (Wildman–Crippen MR) is 87.5 cm³/mol. The number of para-hydroxylation sites is 1. The highest BCUT2D eigenvalue weighted by molar-refractivity contribution is 6.32. The van der Waals surface area contributed by atoms with E-state index in [-0.39, 0.29) is 16.7 Å². The highest BCUT2D eigenvalue weighted by Crippen LogP contribution is 2.35. The van der Waals surface area contributed by atoms with Gasteiger partial charge in [0.15, 0.2) is 11.6 Å². The van der Waals surface area contributed by atoms with Crippen LogP contribution in [0.25, 0.3) is 0 Å². The van der Waals surface area contributed by atoms with E-state index in [1.54, 1.807) is 18.3 Å². The van der Waals surface area contributed by atoms with E-state index in [0.717, 1.165) is 0 Å². The molecule has 2 heterocycles. The highest BCUT2D eigenvalue weighted by atomic mass is 35.5. The summed E-state index contributed by atoms with van der Waals surface area (Å²) >= 11 is 5.99. The number of anilines is 1. The van der Waals surface area contributed by atoms with Gasteiger partial charge in [0.05, 0.1) is 5.02 Å². The van der Waals surface area contributed by atoms with Crippen LogP contribution in [0.4, 0.5) is 14.9 Å². The van der Waals surface area contributed by atoms with E-state index < -0.39 is 11.9 Å². The molecule has 1 fully saturated rings.